The first kappa shape index (κ1) is 23.6. The van der Waals surface area contributed by atoms with Crippen molar-refractivity contribution in [3.63, 3.8) is 0 Å². The van der Waals surface area contributed by atoms with Gasteiger partial charge in [0.05, 0.1) is 12.0 Å². The number of nitrogens with one attached hydrogen (secondary N) is 1. The number of likely N-dealkylation sites (tertiary alicyclic amines) is 1. The molecule has 1 fully saturated rings. The zero-order valence-corrected chi connectivity index (χ0v) is 20.9. The van der Waals surface area contributed by atoms with Gasteiger partial charge in [-0.2, -0.15) is 0 Å². The molecule has 3 heterocycles. The van der Waals surface area contributed by atoms with Crippen molar-refractivity contribution < 1.29 is 0 Å². The zero-order valence-electron chi connectivity index (χ0n) is 20.2. The van der Waals surface area contributed by atoms with E-state index in [1.807, 2.05) is 12.4 Å². The molecular weight excluding hydrogens is 440 g/mol. The van der Waals surface area contributed by atoms with Gasteiger partial charge in [-0.1, -0.05) is 36.6 Å². The van der Waals surface area contributed by atoms with Gasteiger partial charge in [0, 0.05) is 29.0 Å². The topological polar surface area (TPSA) is 44.8 Å². The summed E-state index contributed by atoms with van der Waals surface area (Å²) in [7, 11) is 0. The lowest BCUT2D eigenvalue weighted by atomic mass is 9.73. The van der Waals surface area contributed by atoms with Gasteiger partial charge in [0.25, 0.3) is 0 Å². The number of halogens is 1. The second-order valence-corrected chi connectivity index (χ2v) is 10.6. The largest absolute Gasteiger partial charge is 0.348 e. The van der Waals surface area contributed by atoms with Crippen LogP contribution in [0.1, 0.15) is 78.9 Å². The Kier molecular flexibility index (Phi) is 7.97. The minimum atomic E-state index is 0.397. The van der Waals surface area contributed by atoms with E-state index in [2.05, 4.69) is 45.2 Å². The number of hydrogen-bond donors (Lipinski definition) is 1. The summed E-state index contributed by atoms with van der Waals surface area (Å²) in [6.45, 7) is 3.66. The molecule has 0 saturated carbocycles. The van der Waals surface area contributed by atoms with Crippen molar-refractivity contribution in [3.05, 3.63) is 82.2 Å². The number of aromatic nitrogens is 3. The molecular formula is C29H37ClN4. The molecule has 1 unspecified atom stereocenters. The highest BCUT2D eigenvalue weighted by Crippen LogP contribution is 2.42. The first-order chi connectivity index (χ1) is 16.8. The number of aryl methyl sites for hydroxylation is 3. The summed E-state index contributed by atoms with van der Waals surface area (Å²) >= 11 is 6.40. The number of nitrogens with zero attached hydrogens (tertiary/aromatic N) is 3. The van der Waals surface area contributed by atoms with Gasteiger partial charge in [-0.3, -0.25) is 4.98 Å². The molecule has 1 aliphatic carbocycles. The van der Waals surface area contributed by atoms with E-state index in [0.29, 0.717) is 11.8 Å². The summed E-state index contributed by atoms with van der Waals surface area (Å²) in [5.74, 6) is 1.05. The second-order valence-electron chi connectivity index (χ2n) is 10.1. The number of H-pyrrole nitrogens is 1. The van der Waals surface area contributed by atoms with Crippen LogP contribution in [0.4, 0.5) is 0 Å². The van der Waals surface area contributed by atoms with Gasteiger partial charge in [-0.25, -0.2) is 4.98 Å². The summed E-state index contributed by atoms with van der Waals surface area (Å²) < 4.78 is 0. The molecule has 0 spiro atoms. The SMILES string of the molecule is Clc1ccc2c(c1)CCCc1cccnc1C2C1CCN(CCCCCCc2cnc[nH]2)CC1. The van der Waals surface area contributed by atoms with Gasteiger partial charge < -0.3 is 9.88 Å². The lowest BCUT2D eigenvalue weighted by molar-refractivity contribution is 0.171. The first-order valence-corrected chi connectivity index (χ1v) is 13.6. The van der Waals surface area contributed by atoms with E-state index in [9.17, 15) is 0 Å². The fourth-order valence-corrected chi connectivity index (χ4v) is 6.26. The minimum absolute atomic E-state index is 0.397. The Hall–Kier alpha value is -2.17. The molecule has 0 radical (unpaired) electrons. The Morgan fingerprint density at radius 1 is 1.00 bits per heavy atom. The van der Waals surface area contributed by atoms with Crippen molar-refractivity contribution in [1.82, 2.24) is 19.9 Å². The van der Waals surface area contributed by atoms with E-state index >= 15 is 0 Å². The third kappa shape index (κ3) is 5.72. The lowest BCUT2D eigenvalue weighted by Gasteiger charge is -2.38. The molecule has 4 nitrogen and oxygen atoms in total. The molecule has 2 aromatic heterocycles. The van der Waals surface area contributed by atoms with Gasteiger partial charge in [0.1, 0.15) is 0 Å². The molecule has 1 aliphatic heterocycles. The number of pyridine rings is 1. The fraction of sp³-hybridized carbons (Fsp3) is 0.517. The number of fused-ring (bicyclic) bond motifs is 2. The zero-order chi connectivity index (χ0) is 23.2. The third-order valence-corrected chi connectivity index (χ3v) is 8.12. The monoisotopic (exact) mass is 476 g/mol. The number of imidazole rings is 1. The third-order valence-electron chi connectivity index (χ3n) is 7.88. The molecule has 1 aromatic carbocycles. The van der Waals surface area contributed by atoms with Crippen LogP contribution in [-0.2, 0) is 19.3 Å². The van der Waals surface area contributed by atoms with Crippen molar-refractivity contribution in [2.45, 2.75) is 70.1 Å². The van der Waals surface area contributed by atoms with E-state index in [0.717, 1.165) is 24.3 Å². The number of aromatic amines is 1. The molecule has 0 amide bonds. The summed E-state index contributed by atoms with van der Waals surface area (Å²) in [6, 6.07) is 11.0. The van der Waals surface area contributed by atoms with Gasteiger partial charge in [-0.05, 0) is 112 Å². The van der Waals surface area contributed by atoms with Crippen molar-refractivity contribution in [2.24, 2.45) is 5.92 Å². The maximum absolute atomic E-state index is 6.40. The quantitative estimate of drug-likeness (QED) is 0.373. The predicted molar refractivity (Wildman–Crippen MR) is 139 cm³/mol. The molecule has 1 atom stereocenters. The molecule has 1 saturated heterocycles. The van der Waals surface area contributed by atoms with Crippen molar-refractivity contribution in [3.8, 4) is 0 Å². The van der Waals surface area contributed by atoms with Crippen LogP contribution in [0.2, 0.25) is 5.02 Å². The number of hydrogen-bond acceptors (Lipinski definition) is 3. The Morgan fingerprint density at radius 3 is 2.71 bits per heavy atom. The molecule has 180 valence electrons. The normalized spacial score (nSPS) is 19.3. The van der Waals surface area contributed by atoms with Crippen LogP contribution in [0, 0.1) is 5.92 Å². The number of benzene rings is 1. The molecule has 3 aromatic rings. The summed E-state index contributed by atoms with van der Waals surface area (Å²) in [5, 5.41) is 0.860. The van der Waals surface area contributed by atoms with E-state index in [4.69, 9.17) is 16.6 Å². The van der Waals surface area contributed by atoms with Crippen LogP contribution in [0.15, 0.2) is 49.1 Å². The predicted octanol–water partition coefficient (Wildman–Crippen LogP) is 6.59. The Labute approximate surface area is 209 Å². The molecule has 5 rings (SSSR count). The lowest BCUT2D eigenvalue weighted by Crippen LogP contribution is -2.37. The molecule has 34 heavy (non-hydrogen) atoms. The van der Waals surface area contributed by atoms with E-state index < -0.39 is 0 Å². The molecule has 2 aliphatic rings. The van der Waals surface area contributed by atoms with E-state index in [1.54, 1.807) is 6.33 Å². The van der Waals surface area contributed by atoms with Crippen LogP contribution in [0.25, 0.3) is 0 Å². The number of piperidine rings is 1. The summed E-state index contributed by atoms with van der Waals surface area (Å²) in [4.78, 5) is 15.0. The Balaban J connectivity index is 1.18. The molecule has 0 bridgehead atoms. The van der Waals surface area contributed by atoms with Crippen molar-refractivity contribution >= 4 is 11.6 Å². The average Bonchev–Trinajstić information content (AvgIpc) is 3.37. The van der Waals surface area contributed by atoms with Crippen molar-refractivity contribution in [1.29, 1.82) is 0 Å². The highest BCUT2D eigenvalue weighted by atomic mass is 35.5. The standard InChI is InChI=1S/C29H37ClN4/c30-25-11-12-27-24(19-25)8-5-7-23-9-6-15-32-29(23)28(27)22-13-17-34(18-14-22)16-4-2-1-3-10-26-20-31-21-33-26/h6,9,11-12,15,19-22,28H,1-5,7-8,10,13-14,16-18H2,(H,31,33). The van der Waals surface area contributed by atoms with E-state index in [-0.39, 0.29) is 0 Å². The fourth-order valence-electron chi connectivity index (χ4n) is 6.07. The molecule has 5 heteroatoms. The number of unbranched alkanes of at least 4 members (excludes halogenated alkanes) is 3. The summed E-state index contributed by atoms with van der Waals surface area (Å²) in [6.07, 6.45) is 17.9. The van der Waals surface area contributed by atoms with Gasteiger partial charge in [-0.15, -0.1) is 0 Å². The van der Waals surface area contributed by atoms with Crippen LogP contribution < -0.4 is 0 Å². The second kappa shape index (κ2) is 11.5. The van der Waals surface area contributed by atoms with Crippen LogP contribution in [-0.4, -0.2) is 39.5 Å². The smallest absolute Gasteiger partial charge is 0.0921 e. The minimum Gasteiger partial charge on any atom is -0.348 e. The maximum atomic E-state index is 6.40. The highest BCUT2D eigenvalue weighted by molar-refractivity contribution is 6.30. The summed E-state index contributed by atoms with van der Waals surface area (Å²) in [5.41, 5.74) is 6.94. The first-order valence-electron chi connectivity index (χ1n) is 13.2. The Morgan fingerprint density at radius 2 is 1.85 bits per heavy atom. The van der Waals surface area contributed by atoms with Crippen LogP contribution >= 0.6 is 11.6 Å². The highest BCUT2D eigenvalue weighted by Gasteiger charge is 2.33. The maximum Gasteiger partial charge on any atom is 0.0921 e. The van der Waals surface area contributed by atoms with Gasteiger partial charge in [0.15, 0.2) is 0 Å². The molecule has 1 N–H and O–H groups in total. The van der Waals surface area contributed by atoms with Gasteiger partial charge >= 0.3 is 0 Å². The van der Waals surface area contributed by atoms with Crippen LogP contribution in [0.3, 0.4) is 0 Å². The van der Waals surface area contributed by atoms with Crippen LogP contribution in [0.5, 0.6) is 0 Å². The Bertz CT molecular complexity index is 1040. The number of rotatable bonds is 8. The van der Waals surface area contributed by atoms with Gasteiger partial charge in [0.2, 0.25) is 0 Å². The van der Waals surface area contributed by atoms with E-state index in [1.165, 1.54) is 92.7 Å². The van der Waals surface area contributed by atoms with Crippen molar-refractivity contribution in [2.75, 3.05) is 19.6 Å². The average molecular weight is 477 g/mol.